The van der Waals surface area contributed by atoms with E-state index in [2.05, 4.69) is 4.98 Å². The van der Waals surface area contributed by atoms with Gasteiger partial charge in [-0.05, 0) is 49.8 Å². The summed E-state index contributed by atoms with van der Waals surface area (Å²) < 4.78 is 1.38. The Kier molecular flexibility index (Phi) is 6.80. The number of unbranched alkanes of at least 4 members (excludes halogenated alkanes) is 1. The minimum atomic E-state index is -0.592. The molecule has 7 heteroatoms. The summed E-state index contributed by atoms with van der Waals surface area (Å²) in [5, 5.41) is 0. The van der Waals surface area contributed by atoms with Gasteiger partial charge in [0, 0.05) is 12.6 Å². The highest BCUT2D eigenvalue weighted by molar-refractivity contribution is 5.97. The van der Waals surface area contributed by atoms with Crippen molar-refractivity contribution in [1.82, 2.24) is 9.55 Å². The molecule has 0 unspecified atom stereocenters. The lowest BCUT2D eigenvalue weighted by Crippen LogP contribution is -2.46. The van der Waals surface area contributed by atoms with Crippen LogP contribution in [-0.2, 0) is 17.8 Å². The van der Waals surface area contributed by atoms with Crippen LogP contribution in [0.15, 0.2) is 27.8 Å². The molecule has 30 heavy (non-hydrogen) atoms. The van der Waals surface area contributed by atoms with E-state index in [1.54, 1.807) is 4.90 Å². The number of nitrogens with two attached hydrogens (primary N) is 1. The van der Waals surface area contributed by atoms with Crippen LogP contribution in [0.3, 0.4) is 0 Å². The van der Waals surface area contributed by atoms with E-state index in [-0.39, 0.29) is 29.9 Å². The smallest absolute Gasteiger partial charge is 0.330 e. The Hall–Kier alpha value is -2.83. The highest BCUT2D eigenvalue weighted by atomic mass is 16.2. The molecule has 7 nitrogen and oxygen atoms in total. The molecule has 1 aromatic heterocycles. The van der Waals surface area contributed by atoms with Crippen LogP contribution in [0.4, 0.5) is 11.5 Å². The zero-order chi connectivity index (χ0) is 21.8. The van der Waals surface area contributed by atoms with Crippen molar-refractivity contribution in [2.45, 2.75) is 78.3 Å². The summed E-state index contributed by atoms with van der Waals surface area (Å²) in [6, 6.07) is 5.88. The standard InChI is InChI=1S/C23H32N4O3/c1-4-5-12-26-21(24)20(22(29)25-23(26)30)27(18-8-6-7-9-18)19(28)14-17-11-10-15(2)16(3)13-17/h10-11,13,18H,4-9,12,14,24H2,1-3H3,(H,25,29,30). The van der Waals surface area contributed by atoms with E-state index in [9.17, 15) is 14.4 Å². The fraction of sp³-hybridized carbons (Fsp3) is 0.522. The first-order valence-corrected chi connectivity index (χ1v) is 10.8. The summed E-state index contributed by atoms with van der Waals surface area (Å²) in [7, 11) is 0. The molecule has 0 spiro atoms. The second-order valence-electron chi connectivity index (χ2n) is 8.30. The number of benzene rings is 1. The topological polar surface area (TPSA) is 101 Å². The SMILES string of the molecule is CCCCn1c(N)c(N(C(=O)Cc2ccc(C)c(C)c2)C2CCCC2)c(=O)[nH]c1=O. The molecule has 1 aliphatic carbocycles. The fourth-order valence-electron chi connectivity index (χ4n) is 4.20. The van der Waals surface area contributed by atoms with E-state index in [4.69, 9.17) is 5.73 Å². The number of carbonyl (C=O) groups excluding carboxylic acids is 1. The molecule has 0 aliphatic heterocycles. The summed E-state index contributed by atoms with van der Waals surface area (Å²) in [5.41, 5.74) is 8.51. The van der Waals surface area contributed by atoms with Crippen molar-refractivity contribution >= 4 is 17.4 Å². The number of carbonyl (C=O) groups is 1. The zero-order valence-corrected chi connectivity index (χ0v) is 18.2. The van der Waals surface area contributed by atoms with E-state index >= 15 is 0 Å². The van der Waals surface area contributed by atoms with E-state index in [1.807, 2.05) is 39.0 Å². The van der Waals surface area contributed by atoms with Gasteiger partial charge in [-0.1, -0.05) is 44.4 Å². The van der Waals surface area contributed by atoms with Gasteiger partial charge in [-0.3, -0.25) is 19.1 Å². The number of hydrogen-bond acceptors (Lipinski definition) is 4. The molecule has 1 fully saturated rings. The number of nitrogens with one attached hydrogen (secondary N) is 1. The highest BCUT2D eigenvalue weighted by Crippen LogP contribution is 2.30. The van der Waals surface area contributed by atoms with Gasteiger partial charge in [0.1, 0.15) is 5.82 Å². The number of anilines is 2. The maximum atomic E-state index is 13.4. The molecule has 1 saturated carbocycles. The molecule has 0 bridgehead atoms. The van der Waals surface area contributed by atoms with Crippen molar-refractivity contribution in [2.75, 3.05) is 10.6 Å². The molecule has 3 N–H and O–H groups in total. The van der Waals surface area contributed by atoms with Crippen molar-refractivity contribution in [1.29, 1.82) is 0 Å². The molecular formula is C23H32N4O3. The van der Waals surface area contributed by atoms with E-state index < -0.39 is 11.2 Å². The van der Waals surface area contributed by atoms with E-state index in [1.165, 1.54) is 10.1 Å². The third kappa shape index (κ3) is 4.50. The Morgan fingerprint density at radius 1 is 1.20 bits per heavy atom. The highest BCUT2D eigenvalue weighted by Gasteiger charge is 2.32. The number of amides is 1. The van der Waals surface area contributed by atoms with Crippen molar-refractivity contribution in [3.05, 3.63) is 55.7 Å². The quantitative estimate of drug-likeness (QED) is 0.730. The van der Waals surface area contributed by atoms with Crippen LogP contribution < -0.4 is 21.9 Å². The third-order valence-electron chi connectivity index (χ3n) is 6.08. The fourth-order valence-corrected chi connectivity index (χ4v) is 4.20. The zero-order valence-electron chi connectivity index (χ0n) is 18.2. The van der Waals surface area contributed by atoms with Crippen LogP contribution in [0.2, 0.25) is 0 Å². The molecule has 0 saturated heterocycles. The van der Waals surface area contributed by atoms with E-state index in [0.717, 1.165) is 49.7 Å². The van der Waals surface area contributed by atoms with Crippen LogP contribution in [0.1, 0.15) is 62.1 Å². The number of aromatic nitrogens is 2. The summed E-state index contributed by atoms with van der Waals surface area (Å²) >= 11 is 0. The van der Waals surface area contributed by atoms with Gasteiger partial charge in [0.2, 0.25) is 5.91 Å². The Balaban J connectivity index is 2.04. The van der Waals surface area contributed by atoms with Crippen molar-refractivity contribution in [3.8, 4) is 0 Å². The predicted octanol–water partition coefficient (Wildman–Crippen LogP) is 3.05. The molecular weight excluding hydrogens is 380 g/mol. The number of hydrogen-bond donors (Lipinski definition) is 2. The summed E-state index contributed by atoms with van der Waals surface area (Å²) in [6.07, 6.45) is 5.49. The molecule has 0 radical (unpaired) electrons. The first-order valence-electron chi connectivity index (χ1n) is 10.8. The first-order chi connectivity index (χ1) is 14.3. The van der Waals surface area contributed by atoms with Crippen LogP contribution >= 0.6 is 0 Å². The van der Waals surface area contributed by atoms with Crippen LogP contribution in [0.5, 0.6) is 0 Å². The van der Waals surface area contributed by atoms with Crippen LogP contribution in [0, 0.1) is 13.8 Å². The molecule has 1 aromatic carbocycles. The predicted molar refractivity (Wildman–Crippen MR) is 120 cm³/mol. The maximum absolute atomic E-state index is 13.4. The van der Waals surface area contributed by atoms with Crippen LogP contribution in [-0.4, -0.2) is 21.5 Å². The van der Waals surface area contributed by atoms with Gasteiger partial charge in [-0.15, -0.1) is 0 Å². The monoisotopic (exact) mass is 412 g/mol. The Labute approximate surface area is 176 Å². The average Bonchev–Trinajstić information content (AvgIpc) is 3.21. The number of nitrogen functional groups attached to an aromatic ring is 1. The Morgan fingerprint density at radius 2 is 1.90 bits per heavy atom. The largest absolute Gasteiger partial charge is 0.383 e. The van der Waals surface area contributed by atoms with Gasteiger partial charge in [-0.25, -0.2) is 4.79 Å². The minimum absolute atomic E-state index is 0.0791. The van der Waals surface area contributed by atoms with Gasteiger partial charge < -0.3 is 10.6 Å². The van der Waals surface area contributed by atoms with Gasteiger partial charge in [0.15, 0.2) is 5.69 Å². The normalized spacial score (nSPS) is 14.2. The molecule has 1 heterocycles. The molecule has 1 aliphatic rings. The average molecular weight is 413 g/mol. The molecule has 1 amide bonds. The summed E-state index contributed by atoms with van der Waals surface area (Å²) in [5.74, 6) is -0.0828. The number of aromatic amines is 1. The second kappa shape index (κ2) is 9.32. The first kappa shape index (κ1) is 21.9. The lowest BCUT2D eigenvalue weighted by molar-refractivity contribution is -0.118. The number of H-pyrrole nitrogens is 1. The van der Waals surface area contributed by atoms with Gasteiger partial charge in [0.05, 0.1) is 6.42 Å². The van der Waals surface area contributed by atoms with Crippen molar-refractivity contribution < 1.29 is 4.79 Å². The Morgan fingerprint density at radius 3 is 2.53 bits per heavy atom. The van der Waals surface area contributed by atoms with Crippen molar-refractivity contribution in [2.24, 2.45) is 0 Å². The lowest BCUT2D eigenvalue weighted by atomic mass is 10.0. The Bertz CT molecular complexity index is 1030. The van der Waals surface area contributed by atoms with E-state index in [0.29, 0.717) is 6.54 Å². The van der Waals surface area contributed by atoms with Gasteiger partial charge in [0.25, 0.3) is 5.56 Å². The molecule has 3 rings (SSSR count). The summed E-state index contributed by atoms with van der Waals surface area (Å²) in [6.45, 7) is 6.48. The minimum Gasteiger partial charge on any atom is -0.383 e. The van der Waals surface area contributed by atoms with Crippen molar-refractivity contribution in [3.63, 3.8) is 0 Å². The molecule has 162 valence electrons. The number of aryl methyl sites for hydroxylation is 2. The van der Waals surface area contributed by atoms with Gasteiger partial charge in [-0.2, -0.15) is 0 Å². The maximum Gasteiger partial charge on any atom is 0.330 e. The third-order valence-corrected chi connectivity index (χ3v) is 6.08. The molecule has 2 aromatic rings. The number of nitrogens with zero attached hydrogens (tertiary/aromatic N) is 2. The summed E-state index contributed by atoms with van der Waals surface area (Å²) in [4.78, 5) is 42.5. The number of rotatable bonds is 7. The lowest BCUT2D eigenvalue weighted by Gasteiger charge is -2.30. The molecule has 0 atom stereocenters. The second-order valence-corrected chi connectivity index (χ2v) is 8.30. The van der Waals surface area contributed by atoms with Gasteiger partial charge >= 0.3 is 5.69 Å². The van der Waals surface area contributed by atoms with Crippen LogP contribution in [0.25, 0.3) is 0 Å².